The highest BCUT2D eigenvalue weighted by atomic mass is 16.2. The van der Waals surface area contributed by atoms with Gasteiger partial charge in [-0.15, -0.1) is 0 Å². The van der Waals surface area contributed by atoms with Crippen molar-refractivity contribution < 1.29 is 9.59 Å². The number of aromatic nitrogens is 1. The highest BCUT2D eigenvalue weighted by Gasteiger charge is 2.18. The second kappa shape index (κ2) is 6.60. The van der Waals surface area contributed by atoms with Crippen LogP contribution < -0.4 is 10.6 Å². The first-order valence-electron chi connectivity index (χ1n) is 7.77. The lowest BCUT2D eigenvalue weighted by Crippen LogP contribution is -2.36. The molecule has 1 heterocycles. The quantitative estimate of drug-likeness (QED) is 0.855. The molecule has 1 unspecified atom stereocenters. The van der Waals surface area contributed by atoms with Crippen molar-refractivity contribution in [3.63, 3.8) is 0 Å². The van der Waals surface area contributed by atoms with E-state index in [4.69, 9.17) is 0 Å². The molecule has 1 atom stereocenters. The molecular weight excluding hydrogens is 290 g/mol. The first kappa shape index (κ1) is 15.2. The lowest BCUT2D eigenvalue weighted by atomic mass is 10.1. The van der Waals surface area contributed by atoms with E-state index in [1.54, 1.807) is 18.5 Å². The van der Waals surface area contributed by atoms with Crippen LogP contribution in [-0.2, 0) is 22.4 Å². The van der Waals surface area contributed by atoms with Crippen LogP contribution in [0.1, 0.15) is 36.1 Å². The SMILES string of the molecule is CC(NC(=O)C(=O)Nc1ccc2c(c1)CCC2)c1cccnc1. The van der Waals surface area contributed by atoms with E-state index in [0.29, 0.717) is 5.69 Å². The lowest BCUT2D eigenvalue weighted by Gasteiger charge is -2.14. The Morgan fingerprint density at radius 3 is 2.74 bits per heavy atom. The molecule has 0 spiro atoms. The summed E-state index contributed by atoms with van der Waals surface area (Å²) in [6.45, 7) is 1.82. The van der Waals surface area contributed by atoms with Crippen molar-refractivity contribution >= 4 is 17.5 Å². The summed E-state index contributed by atoms with van der Waals surface area (Å²) in [7, 11) is 0. The van der Waals surface area contributed by atoms with Gasteiger partial charge in [0, 0.05) is 18.1 Å². The molecule has 0 bridgehead atoms. The van der Waals surface area contributed by atoms with Gasteiger partial charge in [0.25, 0.3) is 0 Å². The minimum Gasteiger partial charge on any atom is -0.341 e. The average molecular weight is 309 g/mol. The van der Waals surface area contributed by atoms with E-state index in [0.717, 1.165) is 24.8 Å². The van der Waals surface area contributed by atoms with Gasteiger partial charge in [0.05, 0.1) is 6.04 Å². The van der Waals surface area contributed by atoms with E-state index in [2.05, 4.69) is 15.6 Å². The largest absolute Gasteiger partial charge is 0.341 e. The molecule has 0 radical (unpaired) electrons. The Morgan fingerprint density at radius 2 is 1.96 bits per heavy atom. The summed E-state index contributed by atoms with van der Waals surface area (Å²) in [6, 6.07) is 9.20. The zero-order chi connectivity index (χ0) is 16.2. The standard InChI is InChI=1S/C18H19N3O2/c1-12(15-6-3-9-19-11-15)20-17(22)18(23)21-16-8-7-13-4-2-5-14(13)10-16/h3,6-12H,2,4-5H2,1H3,(H,20,22)(H,21,23). The van der Waals surface area contributed by atoms with Gasteiger partial charge in [-0.25, -0.2) is 0 Å². The second-order valence-electron chi connectivity index (χ2n) is 5.77. The highest BCUT2D eigenvalue weighted by molar-refractivity contribution is 6.39. The molecule has 1 aromatic heterocycles. The van der Waals surface area contributed by atoms with Crippen molar-refractivity contribution in [3.05, 3.63) is 59.4 Å². The fourth-order valence-corrected chi connectivity index (χ4v) is 2.82. The van der Waals surface area contributed by atoms with Gasteiger partial charge in [0.2, 0.25) is 0 Å². The van der Waals surface area contributed by atoms with Gasteiger partial charge in [-0.2, -0.15) is 0 Å². The Labute approximate surface area is 135 Å². The maximum atomic E-state index is 12.0. The number of carbonyl (C=O) groups excluding carboxylic acids is 2. The van der Waals surface area contributed by atoms with Gasteiger partial charge in [-0.1, -0.05) is 12.1 Å². The Morgan fingerprint density at radius 1 is 1.13 bits per heavy atom. The van der Waals surface area contributed by atoms with Crippen LogP contribution in [0.4, 0.5) is 5.69 Å². The fraction of sp³-hybridized carbons (Fsp3) is 0.278. The molecule has 0 fully saturated rings. The number of carbonyl (C=O) groups is 2. The van der Waals surface area contributed by atoms with Crippen LogP contribution in [0.15, 0.2) is 42.7 Å². The van der Waals surface area contributed by atoms with Gasteiger partial charge in [0.15, 0.2) is 0 Å². The van der Waals surface area contributed by atoms with Gasteiger partial charge >= 0.3 is 11.8 Å². The number of nitrogens with one attached hydrogen (secondary N) is 2. The normalized spacial score (nSPS) is 14.0. The Hall–Kier alpha value is -2.69. The van der Waals surface area contributed by atoms with Crippen molar-refractivity contribution in [2.45, 2.75) is 32.2 Å². The van der Waals surface area contributed by atoms with E-state index in [9.17, 15) is 9.59 Å². The molecule has 23 heavy (non-hydrogen) atoms. The van der Waals surface area contributed by atoms with Crippen LogP contribution in [-0.4, -0.2) is 16.8 Å². The molecule has 2 amide bonds. The Balaban J connectivity index is 1.60. The molecular formula is C18H19N3O2. The third-order valence-electron chi connectivity index (χ3n) is 4.09. The van der Waals surface area contributed by atoms with Crippen LogP contribution >= 0.6 is 0 Å². The summed E-state index contributed by atoms with van der Waals surface area (Å²) in [5.41, 5.74) is 4.11. The van der Waals surface area contributed by atoms with Crippen LogP contribution in [0.2, 0.25) is 0 Å². The van der Waals surface area contributed by atoms with E-state index in [-0.39, 0.29) is 6.04 Å². The van der Waals surface area contributed by atoms with Crippen LogP contribution in [0, 0.1) is 0 Å². The molecule has 3 rings (SSSR count). The zero-order valence-electron chi connectivity index (χ0n) is 13.0. The van der Waals surface area contributed by atoms with Crippen molar-refractivity contribution in [3.8, 4) is 0 Å². The topological polar surface area (TPSA) is 71.1 Å². The molecule has 5 heteroatoms. The monoisotopic (exact) mass is 309 g/mol. The number of benzene rings is 1. The summed E-state index contributed by atoms with van der Waals surface area (Å²) in [6.07, 6.45) is 6.60. The molecule has 0 saturated heterocycles. The maximum absolute atomic E-state index is 12.0. The molecule has 1 aliphatic rings. The van der Waals surface area contributed by atoms with Gasteiger partial charge in [0.1, 0.15) is 0 Å². The summed E-state index contributed by atoms with van der Waals surface area (Å²) >= 11 is 0. The van der Waals surface area contributed by atoms with E-state index in [1.165, 1.54) is 11.1 Å². The molecule has 2 aromatic rings. The first-order valence-corrected chi connectivity index (χ1v) is 7.77. The number of aryl methyl sites for hydroxylation is 2. The number of fused-ring (bicyclic) bond motifs is 1. The minimum absolute atomic E-state index is 0.276. The predicted octanol–water partition coefficient (Wildman–Crippen LogP) is 2.39. The summed E-state index contributed by atoms with van der Waals surface area (Å²) in [4.78, 5) is 28.1. The van der Waals surface area contributed by atoms with Gasteiger partial charge in [-0.3, -0.25) is 14.6 Å². The number of amides is 2. The Kier molecular flexibility index (Phi) is 4.37. The van der Waals surface area contributed by atoms with Crippen molar-refractivity contribution in [1.29, 1.82) is 0 Å². The van der Waals surface area contributed by atoms with Crippen molar-refractivity contribution in [2.24, 2.45) is 0 Å². The molecule has 0 saturated carbocycles. The fourth-order valence-electron chi connectivity index (χ4n) is 2.82. The van der Waals surface area contributed by atoms with E-state index < -0.39 is 11.8 Å². The van der Waals surface area contributed by atoms with Crippen molar-refractivity contribution in [2.75, 3.05) is 5.32 Å². The zero-order valence-corrected chi connectivity index (χ0v) is 13.0. The summed E-state index contributed by atoms with van der Waals surface area (Å²) in [5.74, 6) is -1.31. The number of pyridine rings is 1. The minimum atomic E-state index is -0.654. The van der Waals surface area contributed by atoms with E-state index >= 15 is 0 Å². The first-order chi connectivity index (χ1) is 11.1. The van der Waals surface area contributed by atoms with Crippen LogP contribution in [0.5, 0.6) is 0 Å². The maximum Gasteiger partial charge on any atom is 0.313 e. The molecule has 118 valence electrons. The predicted molar refractivity (Wildman–Crippen MR) is 87.9 cm³/mol. The Bertz CT molecular complexity index is 728. The summed E-state index contributed by atoms with van der Waals surface area (Å²) < 4.78 is 0. The molecule has 2 N–H and O–H groups in total. The van der Waals surface area contributed by atoms with Crippen molar-refractivity contribution in [1.82, 2.24) is 10.3 Å². The summed E-state index contributed by atoms with van der Waals surface area (Å²) in [5, 5.41) is 5.34. The average Bonchev–Trinajstić information content (AvgIpc) is 3.03. The number of rotatable bonds is 3. The number of hydrogen-bond donors (Lipinski definition) is 2. The third-order valence-corrected chi connectivity index (χ3v) is 4.09. The number of nitrogens with zero attached hydrogens (tertiary/aromatic N) is 1. The van der Waals surface area contributed by atoms with Gasteiger partial charge in [-0.05, 0) is 61.1 Å². The lowest BCUT2D eigenvalue weighted by molar-refractivity contribution is -0.136. The van der Waals surface area contributed by atoms with E-state index in [1.807, 2.05) is 31.2 Å². The smallest absolute Gasteiger partial charge is 0.313 e. The van der Waals surface area contributed by atoms with Gasteiger partial charge < -0.3 is 10.6 Å². The number of hydrogen-bond acceptors (Lipinski definition) is 3. The molecule has 1 aliphatic carbocycles. The molecule has 1 aromatic carbocycles. The second-order valence-corrected chi connectivity index (χ2v) is 5.77. The van der Waals surface area contributed by atoms with Crippen LogP contribution in [0.25, 0.3) is 0 Å². The highest BCUT2D eigenvalue weighted by Crippen LogP contribution is 2.24. The molecule has 5 nitrogen and oxygen atoms in total. The number of anilines is 1. The van der Waals surface area contributed by atoms with Crippen LogP contribution in [0.3, 0.4) is 0 Å². The third kappa shape index (κ3) is 3.56. The molecule has 0 aliphatic heterocycles.